The van der Waals surface area contributed by atoms with Gasteiger partial charge in [0.25, 0.3) is 0 Å². The van der Waals surface area contributed by atoms with Gasteiger partial charge in [-0.1, -0.05) is 30.2 Å². The van der Waals surface area contributed by atoms with Crippen LogP contribution in [0.1, 0.15) is 25.7 Å². The lowest BCUT2D eigenvalue weighted by Gasteiger charge is -2.26. The Morgan fingerprint density at radius 2 is 1.88 bits per heavy atom. The summed E-state index contributed by atoms with van der Waals surface area (Å²) in [7, 11) is 0. The number of thiophene rings is 1. The normalized spacial score (nSPS) is 15.4. The summed E-state index contributed by atoms with van der Waals surface area (Å²) in [4.78, 5) is 12.5. The molecule has 2 aromatic heterocycles. The first-order valence-corrected chi connectivity index (χ1v) is 10.5. The van der Waals surface area contributed by atoms with E-state index < -0.39 is 0 Å². The molecule has 1 aliphatic heterocycles. The van der Waals surface area contributed by atoms with E-state index in [2.05, 4.69) is 37.7 Å². The second-order valence-corrected chi connectivity index (χ2v) is 8.04. The number of fused-ring (bicyclic) bond motifs is 1. The summed E-state index contributed by atoms with van der Waals surface area (Å²) in [5.41, 5.74) is 2.31. The predicted octanol–water partition coefficient (Wildman–Crippen LogP) is 5.30. The third-order valence-electron chi connectivity index (χ3n) is 4.92. The minimum Gasteiger partial charge on any atom is -0.369 e. The zero-order valence-electron chi connectivity index (χ0n) is 14.7. The van der Waals surface area contributed by atoms with Crippen LogP contribution in [0.3, 0.4) is 0 Å². The van der Waals surface area contributed by atoms with Crippen molar-refractivity contribution in [3.63, 3.8) is 0 Å². The number of rotatable bonds is 6. The van der Waals surface area contributed by atoms with Gasteiger partial charge in [-0.2, -0.15) is 0 Å². The number of anilines is 1. The molecule has 3 aromatic rings. The van der Waals surface area contributed by atoms with E-state index in [9.17, 15) is 0 Å². The molecule has 0 spiro atoms. The molecule has 0 amide bonds. The van der Waals surface area contributed by atoms with Crippen LogP contribution in [0.15, 0.2) is 36.0 Å². The molecule has 1 fully saturated rings. The topological polar surface area (TPSA) is 41.1 Å². The quantitative estimate of drug-likeness (QED) is 0.583. The van der Waals surface area contributed by atoms with Gasteiger partial charge < -0.3 is 10.2 Å². The molecular formula is C20H23ClN4S. The maximum absolute atomic E-state index is 6.03. The highest BCUT2D eigenvalue weighted by Crippen LogP contribution is 2.36. The van der Waals surface area contributed by atoms with Crippen LogP contribution in [0.25, 0.3) is 21.3 Å². The van der Waals surface area contributed by atoms with Crippen molar-refractivity contribution in [1.82, 2.24) is 14.9 Å². The molecule has 1 aliphatic rings. The van der Waals surface area contributed by atoms with Gasteiger partial charge in [0.2, 0.25) is 0 Å². The number of piperidine rings is 1. The lowest BCUT2D eigenvalue weighted by molar-refractivity contribution is 0.228. The minimum absolute atomic E-state index is 0.751. The largest absolute Gasteiger partial charge is 0.369 e. The molecule has 4 rings (SSSR count). The van der Waals surface area contributed by atoms with Crippen LogP contribution in [0.4, 0.5) is 5.82 Å². The fraction of sp³-hybridized carbons (Fsp3) is 0.400. The second-order valence-electron chi connectivity index (χ2n) is 6.74. The molecule has 0 atom stereocenters. The third-order valence-corrected chi connectivity index (χ3v) is 6.06. The minimum atomic E-state index is 0.751. The molecule has 0 saturated carbocycles. The van der Waals surface area contributed by atoms with Crippen molar-refractivity contribution in [2.45, 2.75) is 25.7 Å². The maximum Gasteiger partial charge on any atom is 0.138 e. The molecule has 0 bridgehead atoms. The fourth-order valence-corrected chi connectivity index (χ4v) is 4.59. The Morgan fingerprint density at radius 1 is 1.08 bits per heavy atom. The number of nitrogens with one attached hydrogen (secondary N) is 1. The Morgan fingerprint density at radius 3 is 2.69 bits per heavy atom. The molecule has 6 heteroatoms. The Hall–Kier alpha value is -1.69. The van der Waals surface area contributed by atoms with Crippen molar-refractivity contribution < 1.29 is 0 Å². The van der Waals surface area contributed by atoms with Crippen LogP contribution in [-0.4, -0.2) is 41.0 Å². The average molecular weight is 387 g/mol. The van der Waals surface area contributed by atoms with Crippen LogP contribution in [-0.2, 0) is 0 Å². The van der Waals surface area contributed by atoms with Crippen molar-refractivity contribution in [1.29, 1.82) is 0 Å². The van der Waals surface area contributed by atoms with Gasteiger partial charge in [0, 0.05) is 22.5 Å². The average Bonchev–Trinajstić information content (AvgIpc) is 3.12. The Kier molecular flexibility index (Phi) is 5.68. The van der Waals surface area contributed by atoms with Gasteiger partial charge in [0.1, 0.15) is 17.0 Å². The number of benzene rings is 1. The number of hydrogen-bond donors (Lipinski definition) is 1. The van der Waals surface area contributed by atoms with Gasteiger partial charge in [-0.05, 0) is 56.6 Å². The lowest BCUT2D eigenvalue weighted by atomic mass is 10.1. The van der Waals surface area contributed by atoms with Crippen LogP contribution < -0.4 is 5.32 Å². The second kappa shape index (κ2) is 8.33. The Labute approximate surface area is 163 Å². The SMILES string of the molecule is Clc1ccc(-c2csc3ncnc(NCCCN4CCCCC4)c23)cc1. The maximum atomic E-state index is 6.03. The van der Waals surface area contributed by atoms with Crippen molar-refractivity contribution in [3.8, 4) is 11.1 Å². The molecular weight excluding hydrogens is 364 g/mol. The van der Waals surface area contributed by atoms with Crippen molar-refractivity contribution >= 4 is 39.0 Å². The molecule has 136 valence electrons. The van der Waals surface area contributed by atoms with Gasteiger partial charge in [-0.25, -0.2) is 9.97 Å². The fourth-order valence-electron chi connectivity index (χ4n) is 3.54. The van der Waals surface area contributed by atoms with E-state index in [1.54, 1.807) is 17.7 Å². The van der Waals surface area contributed by atoms with Gasteiger partial charge >= 0.3 is 0 Å². The van der Waals surface area contributed by atoms with Gasteiger partial charge in [-0.3, -0.25) is 0 Å². The van der Waals surface area contributed by atoms with Gasteiger partial charge in [-0.15, -0.1) is 11.3 Å². The van der Waals surface area contributed by atoms with Crippen LogP contribution in [0.5, 0.6) is 0 Å². The van der Waals surface area contributed by atoms with E-state index >= 15 is 0 Å². The Balaban J connectivity index is 1.48. The molecule has 0 radical (unpaired) electrons. The van der Waals surface area contributed by atoms with E-state index in [-0.39, 0.29) is 0 Å². The van der Waals surface area contributed by atoms with E-state index in [4.69, 9.17) is 11.6 Å². The summed E-state index contributed by atoms with van der Waals surface area (Å²) in [6.45, 7) is 4.60. The highest BCUT2D eigenvalue weighted by molar-refractivity contribution is 7.17. The predicted molar refractivity (Wildman–Crippen MR) is 111 cm³/mol. The summed E-state index contributed by atoms with van der Waals surface area (Å²) in [5, 5.41) is 7.55. The number of nitrogens with zero attached hydrogens (tertiary/aromatic N) is 3. The monoisotopic (exact) mass is 386 g/mol. The highest BCUT2D eigenvalue weighted by atomic mass is 35.5. The number of aromatic nitrogens is 2. The molecule has 1 saturated heterocycles. The summed E-state index contributed by atoms with van der Waals surface area (Å²) >= 11 is 7.69. The molecule has 3 heterocycles. The zero-order valence-corrected chi connectivity index (χ0v) is 16.3. The first-order chi connectivity index (χ1) is 12.8. The molecule has 4 nitrogen and oxygen atoms in total. The zero-order chi connectivity index (χ0) is 17.8. The lowest BCUT2D eigenvalue weighted by Crippen LogP contribution is -2.31. The number of hydrogen-bond acceptors (Lipinski definition) is 5. The van der Waals surface area contributed by atoms with Crippen molar-refractivity contribution in [3.05, 3.63) is 41.0 Å². The van der Waals surface area contributed by atoms with E-state index in [1.807, 2.05) is 12.1 Å². The van der Waals surface area contributed by atoms with Gasteiger partial charge in [0.15, 0.2) is 0 Å². The van der Waals surface area contributed by atoms with Crippen molar-refractivity contribution in [2.75, 3.05) is 31.5 Å². The van der Waals surface area contributed by atoms with E-state index in [0.29, 0.717) is 0 Å². The summed E-state index contributed by atoms with van der Waals surface area (Å²) in [6, 6.07) is 7.96. The van der Waals surface area contributed by atoms with Crippen LogP contribution >= 0.6 is 22.9 Å². The first kappa shape index (κ1) is 17.7. The van der Waals surface area contributed by atoms with Crippen molar-refractivity contribution in [2.24, 2.45) is 0 Å². The number of halogens is 1. The molecule has 26 heavy (non-hydrogen) atoms. The molecule has 1 N–H and O–H groups in total. The van der Waals surface area contributed by atoms with Crippen LogP contribution in [0, 0.1) is 0 Å². The molecule has 0 aliphatic carbocycles. The van der Waals surface area contributed by atoms with Crippen LogP contribution in [0.2, 0.25) is 5.02 Å². The summed E-state index contributed by atoms with van der Waals surface area (Å²) in [6.07, 6.45) is 6.86. The summed E-state index contributed by atoms with van der Waals surface area (Å²) < 4.78 is 0. The van der Waals surface area contributed by atoms with E-state index in [1.165, 1.54) is 37.9 Å². The number of likely N-dealkylation sites (tertiary alicyclic amines) is 1. The van der Waals surface area contributed by atoms with Gasteiger partial charge in [0.05, 0.1) is 5.39 Å². The van der Waals surface area contributed by atoms with E-state index in [0.717, 1.165) is 46.1 Å². The smallest absolute Gasteiger partial charge is 0.138 e. The first-order valence-electron chi connectivity index (χ1n) is 9.25. The highest BCUT2D eigenvalue weighted by Gasteiger charge is 2.13. The molecule has 0 unspecified atom stereocenters. The summed E-state index contributed by atoms with van der Waals surface area (Å²) in [5.74, 6) is 0.930. The standard InChI is InChI=1S/C20H23ClN4S/c21-16-7-5-15(6-8-16)17-13-26-20-18(17)19(23-14-24-20)22-9-4-12-25-10-2-1-3-11-25/h5-8,13-14H,1-4,9-12H2,(H,22,23,24). The Bertz CT molecular complexity index is 856. The third kappa shape index (κ3) is 4.00. The molecule has 1 aromatic carbocycles.